The minimum Gasteiger partial charge on any atom is -0.406 e. The fourth-order valence-corrected chi connectivity index (χ4v) is 2.79. The van der Waals surface area contributed by atoms with Crippen LogP contribution in [0.5, 0.6) is 11.5 Å². The lowest BCUT2D eigenvalue weighted by atomic mass is 9.78. The molecule has 0 unspecified atom stereocenters. The summed E-state index contributed by atoms with van der Waals surface area (Å²) in [5.74, 6) is -2.88. The zero-order chi connectivity index (χ0) is 26.1. The van der Waals surface area contributed by atoms with Gasteiger partial charge in [-0.1, -0.05) is 6.07 Å². The lowest BCUT2D eigenvalue weighted by Crippen LogP contribution is -2.41. The highest BCUT2D eigenvalue weighted by atomic mass is 79.9. The van der Waals surface area contributed by atoms with E-state index in [1.165, 1.54) is 6.07 Å². The summed E-state index contributed by atoms with van der Waals surface area (Å²) in [5.41, 5.74) is -1.29. The molecular formula is C20H18BBrF8O4. The zero-order valence-corrected chi connectivity index (χ0v) is 19.7. The van der Waals surface area contributed by atoms with Crippen LogP contribution in [-0.2, 0) is 9.31 Å². The van der Waals surface area contributed by atoms with E-state index >= 15 is 0 Å². The van der Waals surface area contributed by atoms with E-state index in [1.807, 2.05) is 0 Å². The molecule has 0 bridgehead atoms. The van der Waals surface area contributed by atoms with Crippen molar-refractivity contribution in [3.63, 3.8) is 0 Å². The minimum absolute atomic E-state index is 0.0307. The number of hydrogen-bond acceptors (Lipinski definition) is 4. The first kappa shape index (κ1) is 28.2. The number of alkyl halides is 6. The molecule has 0 radical (unpaired) electrons. The van der Waals surface area contributed by atoms with Gasteiger partial charge >= 0.3 is 19.8 Å². The first-order valence-electron chi connectivity index (χ1n) is 9.41. The Hall–Kier alpha value is -2.06. The van der Waals surface area contributed by atoms with Gasteiger partial charge in [0.05, 0.1) is 15.7 Å². The fraction of sp³-hybridized carbons (Fsp3) is 0.400. The number of benzene rings is 2. The summed E-state index contributed by atoms with van der Waals surface area (Å²) >= 11 is 2.80. The molecule has 34 heavy (non-hydrogen) atoms. The van der Waals surface area contributed by atoms with E-state index in [9.17, 15) is 35.1 Å². The molecule has 14 heteroatoms. The van der Waals surface area contributed by atoms with Crippen molar-refractivity contribution in [2.45, 2.75) is 51.6 Å². The molecule has 2 aromatic rings. The van der Waals surface area contributed by atoms with E-state index in [0.29, 0.717) is 12.1 Å². The molecule has 0 atom stereocenters. The summed E-state index contributed by atoms with van der Waals surface area (Å²) < 4.78 is 116. The Bertz CT molecular complexity index is 995. The largest absolute Gasteiger partial charge is 0.573 e. The van der Waals surface area contributed by atoms with Gasteiger partial charge in [0.2, 0.25) is 0 Å². The summed E-state index contributed by atoms with van der Waals surface area (Å²) in [6, 6.07) is 5.65. The molecule has 3 rings (SSSR count). The quantitative estimate of drug-likeness (QED) is 0.315. The number of halogens is 9. The highest BCUT2D eigenvalue weighted by molar-refractivity contribution is 9.10. The Labute approximate surface area is 198 Å². The van der Waals surface area contributed by atoms with Crippen molar-refractivity contribution in [1.29, 1.82) is 0 Å². The number of rotatable bonds is 3. The first-order chi connectivity index (χ1) is 15.3. The van der Waals surface area contributed by atoms with Gasteiger partial charge in [-0.15, -0.1) is 26.3 Å². The van der Waals surface area contributed by atoms with Crippen molar-refractivity contribution in [3.05, 3.63) is 52.5 Å². The highest BCUT2D eigenvalue weighted by Crippen LogP contribution is 2.37. The lowest BCUT2D eigenvalue weighted by Gasteiger charge is -2.32. The van der Waals surface area contributed by atoms with Gasteiger partial charge in [0.15, 0.2) is 0 Å². The maximum Gasteiger partial charge on any atom is 0.573 e. The SMILES string of the molecule is CC1(C)OB(c2ccc(OC(F)(F)F)cc2F)OC1(C)C.Fc1cc(OC(F)(F)F)ccc1Br. The van der Waals surface area contributed by atoms with E-state index in [2.05, 4.69) is 25.4 Å². The molecule has 188 valence electrons. The predicted octanol–water partition coefficient (Wildman–Crippen LogP) is 6.51. The fourth-order valence-electron chi connectivity index (χ4n) is 2.54. The van der Waals surface area contributed by atoms with Gasteiger partial charge in [-0.25, -0.2) is 8.78 Å². The van der Waals surface area contributed by atoms with Gasteiger partial charge in [0, 0.05) is 17.6 Å². The molecular weight excluding hydrogens is 547 g/mol. The third-order valence-electron chi connectivity index (χ3n) is 4.84. The predicted molar refractivity (Wildman–Crippen MR) is 110 cm³/mol. The Kier molecular flexibility index (Phi) is 8.21. The molecule has 1 saturated heterocycles. The van der Waals surface area contributed by atoms with Gasteiger partial charge in [-0.05, 0) is 61.8 Å². The molecule has 1 aliphatic rings. The molecule has 1 fully saturated rings. The van der Waals surface area contributed by atoms with Crippen LogP contribution in [0.4, 0.5) is 35.1 Å². The van der Waals surface area contributed by atoms with Crippen molar-refractivity contribution in [2.24, 2.45) is 0 Å². The minimum atomic E-state index is -4.86. The second-order valence-corrected chi connectivity index (χ2v) is 8.80. The second-order valence-electron chi connectivity index (χ2n) is 7.94. The van der Waals surface area contributed by atoms with Crippen LogP contribution in [0.15, 0.2) is 40.9 Å². The maximum atomic E-state index is 14.0. The Morgan fingerprint density at radius 1 is 0.735 bits per heavy atom. The van der Waals surface area contributed by atoms with Crippen LogP contribution in [-0.4, -0.2) is 31.0 Å². The third kappa shape index (κ3) is 7.74. The topological polar surface area (TPSA) is 36.9 Å². The summed E-state index contributed by atoms with van der Waals surface area (Å²) in [6.07, 6.45) is -9.65. The molecule has 1 aliphatic heterocycles. The molecule has 0 aliphatic carbocycles. The van der Waals surface area contributed by atoms with Crippen LogP contribution >= 0.6 is 15.9 Å². The van der Waals surface area contributed by atoms with Gasteiger partial charge in [-0.2, -0.15) is 0 Å². The van der Waals surface area contributed by atoms with Crippen LogP contribution in [0.3, 0.4) is 0 Å². The van der Waals surface area contributed by atoms with Crippen LogP contribution in [0, 0.1) is 11.6 Å². The van der Waals surface area contributed by atoms with Crippen LogP contribution in [0.1, 0.15) is 27.7 Å². The lowest BCUT2D eigenvalue weighted by molar-refractivity contribution is -0.275. The van der Waals surface area contributed by atoms with Crippen molar-refractivity contribution in [3.8, 4) is 11.5 Å². The van der Waals surface area contributed by atoms with Crippen molar-refractivity contribution < 1.29 is 53.9 Å². The van der Waals surface area contributed by atoms with Crippen molar-refractivity contribution in [2.75, 3.05) is 0 Å². The molecule has 0 aromatic heterocycles. The summed E-state index contributed by atoms with van der Waals surface area (Å²) in [7, 11) is -0.977. The Morgan fingerprint density at radius 2 is 1.15 bits per heavy atom. The third-order valence-corrected chi connectivity index (χ3v) is 5.48. The van der Waals surface area contributed by atoms with Gasteiger partial charge in [-0.3, -0.25) is 0 Å². The molecule has 4 nitrogen and oxygen atoms in total. The van der Waals surface area contributed by atoms with Crippen molar-refractivity contribution >= 4 is 28.5 Å². The number of hydrogen-bond donors (Lipinski definition) is 0. The van der Waals surface area contributed by atoms with Crippen LogP contribution in [0.25, 0.3) is 0 Å². The van der Waals surface area contributed by atoms with E-state index in [1.54, 1.807) is 27.7 Å². The summed E-state index contributed by atoms with van der Waals surface area (Å²) in [5, 5.41) is 0. The smallest absolute Gasteiger partial charge is 0.406 e. The maximum absolute atomic E-state index is 14.0. The average Bonchev–Trinajstić information content (AvgIpc) is 2.83. The van der Waals surface area contributed by atoms with E-state index < -0.39 is 54.2 Å². The Balaban J connectivity index is 0.000000270. The molecule has 2 aromatic carbocycles. The molecule has 0 amide bonds. The summed E-state index contributed by atoms with van der Waals surface area (Å²) in [4.78, 5) is 0. The highest BCUT2D eigenvalue weighted by Gasteiger charge is 2.52. The standard InChI is InChI=1S/C13H15BF4O3.C7H3BrF4O/c1-11(2)12(3,4)21-14(20-11)9-6-5-8(7-10(9)15)19-13(16,17)18;8-5-2-1-4(3-6(5)9)13-7(10,11)12/h5-7H,1-4H3;1-3H. The second kappa shape index (κ2) is 9.90. The van der Waals surface area contributed by atoms with Crippen LogP contribution in [0.2, 0.25) is 0 Å². The van der Waals surface area contributed by atoms with E-state index in [0.717, 1.165) is 18.2 Å². The monoisotopic (exact) mass is 564 g/mol. The van der Waals surface area contributed by atoms with Gasteiger partial charge in [0.1, 0.15) is 23.1 Å². The van der Waals surface area contributed by atoms with Gasteiger partial charge in [0.25, 0.3) is 0 Å². The molecule has 0 saturated carbocycles. The molecule has 0 spiro atoms. The van der Waals surface area contributed by atoms with Crippen LogP contribution < -0.4 is 14.9 Å². The van der Waals surface area contributed by atoms with Gasteiger partial charge < -0.3 is 18.8 Å². The summed E-state index contributed by atoms with van der Waals surface area (Å²) in [6.45, 7) is 7.19. The first-order valence-corrected chi connectivity index (χ1v) is 10.2. The van der Waals surface area contributed by atoms with E-state index in [4.69, 9.17) is 9.31 Å². The van der Waals surface area contributed by atoms with Crippen molar-refractivity contribution in [1.82, 2.24) is 0 Å². The molecule has 1 heterocycles. The Morgan fingerprint density at radius 3 is 1.53 bits per heavy atom. The normalized spacial score (nSPS) is 17.1. The average molecular weight is 565 g/mol. The van der Waals surface area contributed by atoms with E-state index in [-0.39, 0.29) is 9.94 Å². The number of ether oxygens (including phenoxy) is 2. The molecule has 0 N–H and O–H groups in total. The zero-order valence-electron chi connectivity index (χ0n) is 18.1.